The molecule has 0 fully saturated rings. The molecule has 0 atom stereocenters. The summed E-state index contributed by atoms with van der Waals surface area (Å²) in [5.41, 5.74) is 9.16. The number of benzene rings is 1. The Morgan fingerprint density at radius 2 is 1.89 bits per heavy atom. The molecule has 0 amide bonds. The van der Waals surface area contributed by atoms with Gasteiger partial charge in [-0.05, 0) is 23.8 Å². The van der Waals surface area contributed by atoms with Gasteiger partial charge < -0.3 is 15.5 Å². The number of nitrogens with one attached hydrogen (secondary N) is 1. The first-order chi connectivity index (χ1) is 9.24. The van der Waals surface area contributed by atoms with Gasteiger partial charge in [-0.1, -0.05) is 12.1 Å². The van der Waals surface area contributed by atoms with Gasteiger partial charge in [-0.2, -0.15) is 4.98 Å². The third-order valence-electron chi connectivity index (χ3n) is 2.93. The molecule has 0 aliphatic carbocycles. The number of rotatable bonds is 3. The number of methoxy groups -OCH3 is 1. The molecule has 5 nitrogen and oxygen atoms in total. The highest BCUT2D eigenvalue weighted by Gasteiger charge is 2.06. The molecule has 5 heteroatoms. The van der Waals surface area contributed by atoms with E-state index in [0.29, 0.717) is 11.5 Å². The van der Waals surface area contributed by atoms with Crippen molar-refractivity contribution in [1.29, 1.82) is 0 Å². The summed E-state index contributed by atoms with van der Waals surface area (Å²) in [4.78, 5) is 12.0. The van der Waals surface area contributed by atoms with Gasteiger partial charge in [0.05, 0.1) is 12.6 Å². The van der Waals surface area contributed by atoms with Crippen molar-refractivity contribution in [3.63, 3.8) is 0 Å². The van der Waals surface area contributed by atoms with Gasteiger partial charge in [-0.25, -0.2) is 4.98 Å². The number of hydrogen-bond acceptors (Lipinski definition) is 4. The van der Waals surface area contributed by atoms with E-state index in [1.54, 1.807) is 7.11 Å². The van der Waals surface area contributed by atoms with E-state index in [1.807, 2.05) is 36.4 Å². The maximum absolute atomic E-state index is 5.67. The average molecular weight is 254 g/mol. The Labute approximate surface area is 110 Å². The predicted octanol–water partition coefficient (Wildman–Crippen LogP) is 2.14. The smallest absolute Gasteiger partial charge is 0.215 e. The topological polar surface area (TPSA) is 76.8 Å². The summed E-state index contributed by atoms with van der Waals surface area (Å²) in [6, 6.07) is 11.5. The van der Waals surface area contributed by atoms with Crippen LogP contribution in [0.1, 0.15) is 11.4 Å². The highest BCUT2D eigenvalue weighted by Crippen LogP contribution is 2.16. The average Bonchev–Trinajstić information content (AvgIpc) is 2.82. The van der Waals surface area contributed by atoms with Crippen molar-refractivity contribution in [3.05, 3.63) is 47.8 Å². The first-order valence-electron chi connectivity index (χ1n) is 5.98. The van der Waals surface area contributed by atoms with Crippen molar-refractivity contribution in [3.8, 4) is 5.88 Å². The van der Waals surface area contributed by atoms with E-state index in [2.05, 4.69) is 15.0 Å². The number of ether oxygens (including phenoxy) is 1. The summed E-state index contributed by atoms with van der Waals surface area (Å²) in [6.45, 7) is 0. The summed E-state index contributed by atoms with van der Waals surface area (Å²) >= 11 is 0. The molecule has 0 aliphatic heterocycles. The second-order valence-electron chi connectivity index (χ2n) is 4.33. The first kappa shape index (κ1) is 11.5. The van der Waals surface area contributed by atoms with Gasteiger partial charge in [0.1, 0.15) is 5.82 Å². The normalized spacial score (nSPS) is 10.8. The third-order valence-corrected chi connectivity index (χ3v) is 2.93. The minimum absolute atomic E-state index is 0.568. The molecule has 2 heterocycles. The number of hydrogen-bond donors (Lipinski definition) is 2. The molecule has 0 unspecified atom stereocenters. The van der Waals surface area contributed by atoms with E-state index in [4.69, 9.17) is 10.5 Å². The number of H-pyrrole nitrogens is 1. The molecule has 0 bridgehead atoms. The van der Waals surface area contributed by atoms with Crippen LogP contribution in [0.2, 0.25) is 0 Å². The lowest BCUT2D eigenvalue weighted by Gasteiger charge is -1.98. The summed E-state index contributed by atoms with van der Waals surface area (Å²) in [6.07, 6.45) is 0.721. The Balaban J connectivity index is 1.90. The van der Waals surface area contributed by atoms with Crippen LogP contribution in [-0.4, -0.2) is 22.1 Å². The second-order valence-corrected chi connectivity index (χ2v) is 4.33. The molecule has 1 aromatic carbocycles. The van der Waals surface area contributed by atoms with Gasteiger partial charge in [0.2, 0.25) is 5.88 Å². The van der Waals surface area contributed by atoms with Crippen LogP contribution in [0.3, 0.4) is 0 Å². The van der Waals surface area contributed by atoms with Gasteiger partial charge in [0.25, 0.3) is 0 Å². The molecular formula is C14H14N4O. The van der Waals surface area contributed by atoms with Gasteiger partial charge in [0.15, 0.2) is 5.65 Å². The lowest BCUT2D eigenvalue weighted by atomic mass is 10.1. The number of anilines is 1. The Hall–Kier alpha value is -2.56. The SMILES string of the molecule is COc1ccc2[nH]c(Cc3ccc(N)cc3)nc2n1. The molecule has 3 aromatic rings. The maximum atomic E-state index is 5.67. The van der Waals surface area contributed by atoms with Crippen molar-refractivity contribution in [1.82, 2.24) is 15.0 Å². The van der Waals surface area contributed by atoms with E-state index in [9.17, 15) is 0 Å². The summed E-state index contributed by atoms with van der Waals surface area (Å²) in [5.74, 6) is 1.44. The maximum Gasteiger partial charge on any atom is 0.215 e. The quantitative estimate of drug-likeness (QED) is 0.702. The molecule has 2 aromatic heterocycles. The second kappa shape index (κ2) is 4.61. The van der Waals surface area contributed by atoms with Crippen LogP contribution in [0, 0.1) is 0 Å². The van der Waals surface area contributed by atoms with Crippen LogP contribution in [0.5, 0.6) is 5.88 Å². The summed E-state index contributed by atoms with van der Waals surface area (Å²) in [5, 5.41) is 0. The van der Waals surface area contributed by atoms with Gasteiger partial charge in [-0.15, -0.1) is 0 Å². The predicted molar refractivity (Wildman–Crippen MR) is 74.1 cm³/mol. The van der Waals surface area contributed by atoms with Crippen molar-refractivity contribution >= 4 is 16.9 Å². The zero-order valence-electron chi connectivity index (χ0n) is 10.6. The van der Waals surface area contributed by atoms with Gasteiger partial charge in [0, 0.05) is 18.2 Å². The Morgan fingerprint density at radius 1 is 1.11 bits per heavy atom. The van der Waals surface area contributed by atoms with Crippen LogP contribution in [0.15, 0.2) is 36.4 Å². The number of nitrogens with zero attached hydrogens (tertiary/aromatic N) is 2. The molecule has 0 saturated carbocycles. The lowest BCUT2D eigenvalue weighted by Crippen LogP contribution is -1.91. The Bertz CT molecular complexity index is 703. The number of aromatic amines is 1. The molecular weight excluding hydrogens is 240 g/mol. The molecule has 0 spiro atoms. The van der Waals surface area contributed by atoms with Gasteiger partial charge in [-0.3, -0.25) is 0 Å². The number of nitrogens with two attached hydrogens (primary N) is 1. The molecule has 0 aliphatic rings. The molecule has 96 valence electrons. The molecule has 0 saturated heterocycles. The van der Waals surface area contributed by atoms with Crippen molar-refractivity contribution < 1.29 is 4.74 Å². The zero-order valence-corrected chi connectivity index (χ0v) is 10.6. The number of pyridine rings is 1. The van der Waals surface area contributed by atoms with Crippen LogP contribution in [0.4, 0.5) is 5.69 Å². The molecule has 0 radical (unpaired) electrons. The fourth-order valence-electron chi connectivity index (χ4n) is 1.95. The zero-order chi connectivity index (χ0) is 13.2. The summed E-state index contributed by atoms with van der Waals surface area (Å²) < 4.78 is 5.08. The van der Waals surface area contributed by atoms with Crippen molar-refractivity contribution in [2.45, 2.75) is 6.42 Å². The number of nitrogen functional groups attached to an aromatic ring is 1. The number of imidazole rings is 1. The number of aromatic nitrogens is 3. The van der Waals surface area contributed by atoms with E-state index < -0.39 is 0 Å². The molecule has 3 N–H and O–H groups in total. The number of fused-ring (bicyclic) bond motifs is 1. The molecule has 3 rings (SSSR count). The summed E-state index contributed by atoms with van der Waals surface area (Å²) in [7, 11) is 1.59. The largest absolute Gasteiger partial charge is 0.481 e. The van der Waals surface area contributed by atoms with E-state index in [-0.39, 0.29) is 0 Å². The standard InChI is InChI=1S/C14H14N4O/c1-19-13-7-6-11-14(18-13)17-12(16-11)8-9-2-4-10(15)5-3-9/h2-7H,8,15H2,1H3,(H,16,17,18). The van der Waals surface area contributed by atoms with Crippen LogP contribution in [-0.2, 0) is 6.42 Å². The van der Waals surface area contributed by atoms with Crippen molar-refractivity contribution in [2.75, 3.05) is 12.8 Å². The van der Waals surface area contributed by atoms with Crippen molar-refractivity contribution in [2.24, 2.45) is 0 Å². The van der Waals surface area contributed by atoms with E-state index >= 15 is 0 Å². The fraction of sp³-hybridized carbons (Fsp3) is 0.143. The lowest BCUT2D eigenvalue weighted by molar-refractivity contribution is 0.399. The Kier molecular flexibility index (Phi) is 2.79. The van der Waals surface area contributed by atoms with E-state index in [1.165, 1.54) is 0 Å². The highest BCUT2D eigenvalue weighted by atomic mass is 16.5. The minimum Gasteiger partial charge on any atom is -0.481 e. The highest BCUT2D eigenvalue weighted by molar-refractivity contribution is 5.71. The van der Waals surface area contributed by atoms with Gasteiger partial charge >= 0.3 is 0 Å². The first-order valence-corrected chi connectivity index (χ1v) is 5.98. The monoisotopic (exact) mass is 254 g/mol. The molecule has 19 heavy (non-hydrogen) atoms. The third kappa shape index (κ3) is 2.35. The minimum atomic E-state index is 0.568. The van der Waals surface area contributed by atoms with Crippen LogP contribution >= 0.6 is 0 Å². The van der Waals surface area contributed by atoms with Crippen LogP contribution in [0.25, 0.3) is 11.2 Å². The Morgan fingerprint density at radius 3 is 2.63 bits per heavy atom. The fourth-order valence-corrected chi connectivity index (χ4v) is 1.95. The van der Waals surface area contributed by atoms with E-state index in [0.717, 1.165) is 29.0 Å². The van der Waals surface area contributed by atoms with Crippen LogP contribution < -0.4 is 10.5 Å².